The van der Waals surface area contributed by atoms with Crippen LogP contribution in [0.3, 0.4) is 0 Å². The zero-order valence-electron chi connectivity index (χ0n) is 23.9. The molecule has 0 bridgehead atoms. The normalized spacial score (nSPS) is 34.1. The first-order chi connectivity index (χ1) is 18.4. The molecule has 4 unspecified atom stereocenters. The average molecular weight is 537 g/mol. The Morgan fingerprint density at radius 2 is 1.71 bits per heavy atom. The van der Waals surface area contributed by atoms with Gasteiger partial charge in [0.2, 0.25) is 0 Å². The Kier molecular flexibility index (Phi) is 11.5. The van der Waals surface area contributed by atoms with Gasteiger partial charge in [-0.25, -0.2) is 4.79 Å². The molecule has 0 aromatic rings. The molecule has 1 aliphatic carbocycles. The van der Waals surface area contributed by atoms with E-state index in [4.69, 9.17) is 23.7 Å². The highest BCUT2D eigenvalue weighted by atomic mass is 16.8. The van der Waals surface area contributed by atoms with Crippen LogP contribution in [-0.4, -0.2) is 54.9 Å². The third-order valence-electron chi connectivity index (χ3n) is 9.33. The van der Waals surface area contributed by atoms with Gasteiger partial charge in [-0.1, -0.05) is 51.7 Å². The van der Waals surface area contributed by atoms with Crippen molar-refractivity contribution in [2.75, 3.05) is 13.2 Å². The van der Waals surface area contributed by atoms with E-state index in [2.05, 4.69) is 20.4 Å². The van der Waals surface area contributed by atoms with Crippen LogP contribution < -0.4 is 0 Å². The minimum absolute atomic E-state index is 0.0416. The fraction of sp³-hybridized carbons (Fsp3) is 0.903. The van der Waals surface area contributed by atoms with Gasteiger partial charge in [0.1, 0.15) is 0 Å². The number of ether oxygens (including phenoxy) is 5. The first kappa shape index (κ1) is 30.0. The summed E-state index contributed by atoms with van der Waals surface area (Å²) in [6.45, 7) is 10.2. The van der Waals surface area contributed by atoms with Crippen LogP contribution in [0.15, 0.2) is 12.2 Å². The molecule has 0 radical (unpaired) electrons. The third-order valence-corrected chi connectivity index (χ3v) is 9.33. The molecule has 7 atom stereocenters. The van der Waals surface area contributed by atoms with Crippen LogP contribution in [0.2, 0.25) is 0 Å². The van der Waals surface area contributed by atoms with Gasteiger partial charge >= 0.3 is 5.97 Å². The number of hydrogen-bond donors (Lipinski definition) is 1. The number of aliphatic carboxylic acids is 1. The summed E-state index contributed by atoms with van der Waals surface area (Å²) in [5.41, 5.74) is 1.38. The molecule has 0 aromatic carbocycles. The van der Waals surface area contributed by atoms with Crippen LogP contribution in [0.5, 0.6) is 0 Å². The summed E-state index contributed by atoms with van der Waals surface area (Å²) in [4.78, 5) is 12.6. The average Bonchev–Trinajstić information content (AvgIpc) is 3.59. The number of carboxylic acids is 1. The van der Waals surface area contributed by atoms with E-state index in [1.54, 1.807) is 0 Å². The highest BCUT2D eigenvalue weighted by Crippen LogP contribution is 2.46. The molecule has 0 amide bonds. The van der Waals surface area contributed by atoms with Gasteiger partial charge in [-0.3, -0.25) is 0 Å². The monoisotopic (exact) mass is 536 g/mol. The van der Waals surface area contributed by atoms with E-state index < -0.39 is 24.3 Å². The highest BCUT2D eigenvalue weighted by molar-refractivity contribution is 5.75. The standard InChI is InChI=1S/C31H52O7/c1-4-22(2)11-5-6-12-24-16-15-23(3)25(24)21-27-26(36-27)17-18-31(30(32)33,37-28-13-7-9-19-34-28)38-29-14-8-10-20-35-29/h22,24-29H,3-21H2,1-2H3,(H,32,33)/t22?,24-,25-,26?,27+,28?,29?,31?/m0/s1. The summed E-state index contributed by atoms with van der Waals surface area (Å²) < 4.78 is 29.8. The van der Waals surface area contributed by atoms with E-state index in [0.29, 0.717) is 44.3 Å². The summed E-state index contributed by atoms with van der Waals surface area (Å²) in [6, 6.07) is 0. The molecule has 3 heterocycles. The third kappa shape index (κ3) is 8.50. The van der Waals surface area contributed by atoms with Crippen molar-refractivity contribution >= 4 is 5.97 Å². The van der Waals surface area contributed by atoms with Crippen LogP contribution in [0.25, 0.3) is 0 Å². The zero-order chi connectivity index (χ0) is 27.0. The molecule has 4 rings (SSSR count). The largest absolute Gasteiger partial charge is 0.477 e. The molecular weight excluding hydrogens is 484 g/mol. The van der Waals surface area contributed by atoms with Crippen LogP contribution in [0, 0.1) is 17.8 Å². The second-order valence-electron chi connectivity index (χ2n) is 12.2. The Bertz CT molecular complexity index is 723. The molecule has 7 nitrogen and oxygen atoms in total. The maximum atomic E-state index is 12.6. The van der Waals surface area contributed by atoms with Crippen molar-refractivity contribution in [3.8, 4) is 0 Å². The van der Waals surface area contributed by atoms with Crippen LogP contribution in [-0.2, 0) is 28.5 Å². The molecule has 218 valence electrons. The summed E-state index contributed by atoms with van der Waals surface area (Å²) >= 11 is 0. The van der Waals surface area contributed by atoms with Gasteiger partial charge in [0.25, 0.3) is 5.79 Å². The lowest BCUT2D eigenvalue weighted by Crippen LogP contribution is -2.51. The minimum atomic E-state index is -1.78. The van der Waals surface area contributed by atoms with E-state index in [1.165, 1.54) is 44.1 Å². The molecule has 38 heavy (non-hydrogen) atoms. The maximum Gasteiger partial charge on any atom is 0.364 e. The van der Waals surface area contributed by atoms with Gasteiger partial charge in [0, 0.05) is 19.6 Å². The van der Waals surface area contributed by atoms with Crippen molar-refractivity contribution in [1.82, 2.24) is 0 Å². The van der Waals surface area contributed by atoms with Gasteiger partial charge in [-0.05, 0) is 88.4 Å². The molecule has 3 saturated heterocycles. The fourth-order valence-corrected chi connectivity index (χ4v) is 6.51. The number of carboxylic acid groups (broad SMARTS) is 1. The summed E-state index contributed by atoms with van der Waals surface area (Å²) in [7, 11) is 0. The maximum absolute atomic E-state index is 12.6. The number of allylic oxidation sites excluding steroid dienone is 1. The lowest BCUT2D eigenvalue weighted by molar-refractivity contribution is -0.352. The van der Waals surface area contributed by atoms with Crippen molar-refractivity contribution in [3.63, 3.8) is 0 Å². The van der Waals surface area contributed by atoms with E-state index in [0.717, 1.165) is 44.4 Å². The van der Waals surface area contributed by atoms with Gasteiger partial charge in [0.05, 0.1) is 12.2 Å². The predicted octanol–water partition coefficient (Wildman–Crippen LogP) is 6.98. The Hall–Kier alpha value is -0.990. The predicted molar refractivity (Wildman–Crippen MR) is 146 cm³/mol. The Morgan fingerprint density at radius 3 is 2.29 bits per heavy atom. The van der Waals surface area contributed by atoms with Crippen molar-refractivity contribution in [2.45, 2.75) is 147 Å². The zero-order valence-corrected chi connectivity index (χ0v) is 23.9. The van der Waals surface area contributed by atoms with Crippen LogP contribution >= 0.6 is 0 Å². The lowest BCUT2D eigenvalue weighted by atomic mass is 9.85. The lowest BCUT2D eigenvalue weighted by Gasteiger charge is -2.37. The number of unbranched alkanes of at least 4 members (excludes halogenated alkanes) is 1. The number of carbonyl (C=O) groups is 1. The minimum Gasteiger partial charge on any atom is -0.477 e. The van der Waals surface area contributed by atoms with Crippen LogP contribution in [0.1, 0.15) is 117 Å². The molecule has 0 spiro atoms. The quantitative estimate of drug-likeness (QED) is 0.0985. The van der Waals surface area contributed by atoms with E-state index in [-0.39, 0.29) is 18.6 Å². The van der Waals surface area contributed by atoms with Gasteiger partial charge in [-0.2, -0.15) is 0 Å². The topological polar surface area (TPSA) is 86.8 Å². The first-order valence-electron chi connectivity index (χ1n) is 15.6. The summed E-state index contributed by atoms with van der Waals surface area (Å²) in [5, 5.41) is 10.3. The van der Waals surface area contributed by atoms with Crippen molar-refractivity contribution in [2.24, 2.45) is 17.8 Å². The van der Waals surface area contributed by atoms with Gasteiger partial charge in [0.15, 0.2) is 12.6 Å². The smallest absolute Gasteiger partial charge is 0.364 e. The molecular formula is C31H52O7. The second-order valence-corrected chi connectivity index (χ2v) is 12.2. The van der Waals surface area contributed by atoms with Gasteiger partial charge < -0.3 is 28.8 Å². The fourth-order valence-electron chi connectivity index (χ4n) is 6.51. The van der Waals surface area contributed by atoms with E-state index in [9.17, 15) is 9.90 Å². The van der Waals surface area contributed by atoms with Crippen molar-refractivity contribution in [1.29, 1.82) is 0 Å². The molecule has 3 aliphatic heterocycles. The molecule has 0 aromatic heterocycles. The summed E-state index contributed by atoms with van der Waals surface area (Å²) in [6.07, 6.45) is 14.9. The SMILES string of the molecule is C=C1CC[C@H](CCCCC(C)CC)[C@H]1C[C@H]1OC1CCC(OC1CCCCO1)(OC1CCCCO1)C(=O)O. The van der Waals surface area contributed by atoms with Crippen molar-refractivity contribution in [3.05, 3.63) is 12.2 Å². The molecule has 1 N–H and O–H groups in total. The molecule has 7 heteroatoms. The molecule has 1 saturated carbocycles. The number of epoxide rings is 1. The molecule has 4 fully saturated rings. The molecule has 4 aliphatic rings. The number of rotatable bonds is 16. The van der Waals surface area contributed by atoms with E-state index in [1.807, 2.05) is 0 Å². The Morgan fingerprint density at radius 1 is 1.03 bits per heavy atom. The Labute approximate surface area is 229 Å². The van der Waals surface area contributed by atoms with Crippen LogP contribution in [0.4, 0.5) is 0 Å². The second kappa shape index (κ2) is 14.6. The van der Waals surface area contributed by atoms with Crippen molar-refractivity contribution < 1.29 is 33.6 Å². The number of hydrogen-bond acceptors (Lipinski definition) is 6. The first-order valence-corrected chi connectivity index (χ1v) is 15.6. The van der Waals surface area contributed by atoms with Gasteiger partial charge in [-0.15, -0.1) is 0 Å². The van der Waals surface area contributed by atoms with E-state index >= 15 is 0 Å². The highest BCUT2D eigenvalue weighted by Gasteiger charge is 2.50. The summed E-state index contributed by atoms with van der Waals surface area (Å²) in [5.74, 6) is -0.835. The Balaban J connectivity index is 1.29.